The Kier molecular flexibility index (Phi) is 6.43. The Morgan fingerprint density at radius 2 is 1.81 bits per heavy atom. The lowest BCUT2D eigenvalue weighted by Crippen LogP contribution is -2.53. The molecule has 1 aliphatic rings. The zero-order chi connectivity index (χ0) is 22.9. The first-order valence-electron chi connectivity index (χ1n) is 9.95. The maximum atomic E-state index is 13.4. The molecule has 1 fully saturated rings. The SMILES string of the molecule is CC(C)(C)NCC1(O)CCN(c2nc(Oc3cccc(F)c3)cc(C(F)(F)F)n2)CC1. The van der Waals surface area contributed by atoms with Crippen molar-refractivity contribution in [1.29, 1.82) is 0 Å². The molecule has 170 valence electrons. The van der Waals surface area contributed by atoms with Crippen LogP contribution in [0.1, 0.15) is 39.3 Å². The number of hydrogen-bond donors (Lipinski definition) is 2. The van der Waals surface area contributed by atoms with Crippen molar-refractivity contribution >= 4 is 5.95 Å². The first-order valence-corrected chi connectivity index (χ1v) is 9.95. The molecule has 1 aromatic carbocycles. The molecule has 10 heteroatoms. The molecule has 0 spiro atoms. The van der Waals surface area contributed by atoms with Gasteiger partial charge in [0.15, 0.2) is 5.69 Å². The number of rotatable bonds is 5. The van der Waals surface area contributed by atoms with E-state index < -0.39 is 23.3 Å². The van der Waals surface area contributed by atoms with E-state index >= 15 is 0 Å². The fourth-order valence-electron chi connectivity index (χ4n) is 3.13. The molecule has 1 saturated heterocycles. The van der Waals surface area contributed by atoms with Crippen LogP contribution < -0.4 is 15.0 Å². The molecule has 0 atom stereocenters. The number of aliphatic hydroxyl groups is 1. The van der Waals surface area contributed by atoms with Crippen molar-refractivity contribution in [3.05, 3.63) is 41.8 Å². The summed E-state index contributed by atoms with van der Waals surface area (Å²) in [5, 5.41) is 14.0. The third-order valence-corrected chi connectivity index (χ3v) is 4.92. The van der Waals surface area contributed by atoms with Gasteiger partial charge in [-0.3, -0.25) is 0 Å². The number of aromatic nitrogens is 2. The Morgan fingerprint density at radius 1 is 1.13 bits per heavy atom. The summed E-state index contributed by atoms with van der Waals surface area (Å²) in [4.78, 5) is 9.34. The molecule has 1 aromatic heterocycles. The number of anilines is 1. The zero-order valence-electron chi connectivity index (χ0n) is 17.6. The Hall–Kier alpha value is -2.46. The van der Waals surface area contributed by atoms with Gasteiger partial charge in [-0.1, -0.05) is 6.07 Å². The van der Waals surface area contributed by atoms with E-state index in [2.05, 4.69) is 15.3 Å². The Labute approximate surface area is 178 Å². The summed E-state index contributed by atoms with van der Waals surface area (Å²) in [5.74, 6) is -1.04. The molecule has 0 bridgehead atoms. The van der Waals surface area contributed by atoms with Gasteiger partial charge in [0.2, 0.25) is 11.8 Å². The van der Waals surface area contributed by atoms with Crippen molar-refractivity contribution in [3.63, 3.8) is 0 Å². The van der Waals surface area contributed by atoms with Crippen molar-refractivity contribution in [2.24, 2.45) is 0 Å². The number of ether oxygens (including phenoxy) is 1. The molecular weight excluding hydrogens is 416 g/mol. The van der Waals surface area contributed by atoms with Gasteiger partial charge in [0.25, 0.3) is 0 Å². The lowest BCUT2D eigenvalue weighted by atomic mass is 9.90. The molecule has 31 heavy (non-hydrogen) atoms. The highest BCUT2D eigenvalue weighted by Gasteiger charge is 2.37. The molecule has 0 radical (unpaired) electrons. The normalized spacial score (nSPS) is 17.0. The number of benzene rings is 1. The van der Waals surface area contributed by atoms with Gasteiger partial charge >= 0.3 is 6.18 Å². The molecule has 6 nitrogen and oxygen atoms in total. The fourth-order valence-corrected chi connectivity index (χ4v) is 3.13. The Balaban J connectivity index is 1.79. The summed E-state index contributed by atoms with van der Waals surface area (Å²) < 4.78 is 58.9. The summed E-state index contributed by atoms with van der Waals surface area (Å²) in [6.45, 7) is 6.90. The first kappa shape index (κ1) is 23.2. The molecular formula is C21H26F4N4O2. The van der Waals surface area contributed by atoms with Crippen molar-refractivity contribution < 1.29 is 27.4 Å². The quantitative estimate of drug-likeness (QED) is 0.679. The minimum Gasteiger partial charge on any atom is -0.439 e. The monoisotopic (exact) mass is 442 g/mol. The fraction of sp³-hybridized carbons (Fsp3) is 0.524. The highest BCUT2D eigenvalue weighted by atomic mass is 19.4. The maximum absolute atomic E-state index is 13.4. The van der Waals surface area contributed by atoms with Crippen LogP contribution in [0.25, 0.3) is 0 Å². The van der Waals surface area contributed by atoms with Crippen LogP contribution >= 0.6 is 0 Å². The van der Waals surface area contributed by atoms with Crippen LogP contribution in [0.3, 0.4) is 0 Å². The van der Waals surface area contributed by atoms with E-state index in [1.54, 1.807) is 4.90 Å². The van der Waals surface area contributed by atoms with Crippen molar-refractivity contribution in [1.82, 2.24) is 15.3 Å². The van der Waals surface area contributed by atoms with Gasteiger partial charge in [-0.2, -0.15) is 18.2 Å². The van der Waals surface area contributed by atoms with Gasteiger partial charge in [0.1, 0.15) is 11.6 Å². The van der Waals surface area contributed by atoms with Crippen molar-refractivity contribution in [2.45, 2.75) is 50.9 Å². The molecule has 2 N–H and O–H groups in total. The zero-order valence-corrected chi connectivity index (χ0v) is 17.6. The standard InChI is InChI=1S/C21H26F4N4O2/c1-19(2,3)26-13-20(30)7-9-29(10-8-20)18-27-16(21(23,24)25)12-17(28-18)31-15-6-4-5-14(22)11-15/h4-6,11-12,26,30H,7-10,13H2,1-3H3. The molecule has 1 aliphatic heterocycles. The average molecular weight is 442 g/mol. The summed E-state index contributed by atoms with van der Waals surface area (Å²) in [6, 6.07) is 5.74. The molecule has 0 aliphatic carbocycles. The lowest BCUT2D eigenvalue weighted by Gasteiger charge is -2.40. The van der Waals surface area contributed by atoms with Gasteiger partial charge in [0, 0.05) is 37.3 Å². The molecule has 2 aromatic rings. The first-order chi connectivity index (χ1) is 14.3. The van der Waals surface area contributed by atoms with E-state index in [9.17, 15) is 22.7 Å². The van der Waals surface area contributed by atoms with E-state index in [4.69, 9.17) is 4.74 Å². The number of alkyl halides is 3. The van der Waals surface area contributed by atoms with Crippen molar-refractivity contribution in [2.75, 3.05) is 24.5 Å². The molecule has 0 saturated carbocycles. The Bertz CT molecular complexity index is 907. The van der Waals surface area contributed by atoms with E-state index in [0.717, 1.165) is 6.07 Å². The number of nitrogens with one attached hydrogen (secondary N) is 1. The van der Waals surface area contributed by atoms with Crippen LogP contribution in [-0.2, 0) is 6.18 Å². The topological polar surface area (TPSA) is 70.5 Å². The highest BCUT2D eigenvalue weighted by Crippen LogP contribution is 2.33. The summed E-state index contributed by atoms with van der Waals surface area (Å²) in [7, 11) is 0. The second-order valence-corrected chi connectivity index (χ2v) is 8.76. The van der Waals surface area contributed by atoms with Gasteiger partial charge < -0.3 is 20.1 Å². The van der Waals surface area contributed by atoms with Gasteiger partial charge in [0.05, 0.1) is 5.60 Å². The predicted octanol–water partition coefficient (Wildman–Crippen LogP) is 4.15. The van der Waals surface area contributed by atoms with Gasteiger partial charge in [-0.05, 0) is 45.7 Å². The van der Waals surface area contributed by atoms with Crippen LogP contribution in [0.2, 0.25) is 0 Å². The summed E-state index contributed by atoms with van der Waals surface area (Å²) in [5.41, 5.74) is -2.29. The Morgan fingerprint density at radius 3 is 2.39 bits per heavy atom. The van der Waals surface area contributed by atoms with Crippen LogP contribution in [0.5, 0.6) is 11.6 Å². The second-order valence-electron chi connectivity index (χ2n) is 8.76. The number of nitrogens with zero attached hydrogens (tertiary/aromatic N) is 3. The predicted molar refractivity (Wildman–Crippen MR) is 108 cm³/mol. The highest BCUT2D eigenvalue weighted by molar-refractivity contribution is 5.38. The van der Waals surface area contributed by atoms with Crippen LogP contribution in [0.15, 0.2) is 30.3 Å². The van der Waals surface area contributed by atoms with Gasteiger partial charge in [-0.15, -0.1) is 0 Å². The number of piperidine rings is 1. The minimum atomic E-state index is -4.70. The van der Waals surface area contributed by atoms with Crippen LogP contribution in [0, 0.1) is 5.82 Å². The van der Waals surface area contributed by atoms with Crippen LogP contribution in [0.4, 0.5) is 23.5 Å². The lowest BCUT2D eigenvalue weighted by molar-refractivity contribution is -0.141. The third-order valence-electron chi connectivity index (χ3n) is 4.92. The number of halogens is 4. The summed E-state index contributed by atoms with van der Waals surface area (Å²) in [6.07, 6.45) is -4.02. The number of hydrogen-bond acceptors (Lipinski definition) is 6. The number of β-amino-alcohol motifs (C(OH)–C–C–N with tert-alkyl or cyclic N) is 1. The molecule has 3 rings (SSSR count). The van der Waals surface area contributed by atoms with Crippen LogP contribution in [-0.4, -0.2) is 45.8 Å². The van der Waals surface area contributed by atoms with Gasteiger partial charge in [-0.25, -0.2) is 9.37 Å². The summed E-state index contributed by atoms with van der Waals surface area (Å²) >= 11 is 0. The minimum absolute atomic E-state index is 0.0269. The second kappa shape index (κ2) is 8.58. The molecule has 0 amide bonds. The molecule has 0 unspecified atom stereocenters. The van der Waals surface area contributed by atoms with E-state index in [1.165, 1.54) is 18.2 Å². The van der Waals surface area contributed by atoms with E-state index in [-0.39, 0.29) is 36.2 Å². The maximum Gasteiger partial charge on any atom is 0.433 e. The van der Waals surface area contributed by atoms with Crippen molar-refractivity contribution in [3.8, 4) is 11.6 Å². The molecule has 2 heterocycles. The van der Waals surface area contributed by atoms with E-state index in [1.807, 2.05) is 20.8 Å². The third kappa shape index (κ3) is 6.51. The smallest absolute Gasteiger partial charge is 0.433 e. The largest absolute Gasteiger partial charge is 0.439 e. The van der Waals surface area contributed by atoms with E-state index in [0.29, 0.717) is 25.5 Å². The average Bonchev–Trinajstić information content (AvgIpc) is 2.66.